The SMILES string of the molecule is CCCCCCC[CH2][Sn+]([CH2]CCC)[CH2]CCC.CCCCCCC[CH2][Sn]([CH2]CCC)([CH2]CCCCCCC)[c]1ccccc1.[Br-]. The third kappa shape index (κ3) is 28.8. The Morgan fingerprint density at radius 3 is 1.13 bits per heavy atom. The average molecular weight is 905 g/mol. The van der Waals surface area contributed by atoms with Crippen LogP contribution in [0.4, 0.5) is 0 Å². The zero-order valence-electron chi connectivity index (χ0n) is 32.0. The molecule has 0 fully saturated rings. The Hall–Kier alpha value is 1.30. The summed E-state index contributed by atoms with van der Waals surface area (Å²) in [5, 5.41) is 0. The molecule has 0 unspecified atom stereocenters. The molecular formula is C42H83BrSn2. The fourth-order valence-electron chi connectivity index (χ4n) is 6.99. The molecule has 0 atom stereocenters. The molecule has 0 aliphatic rings. The second-order valence-corrected chi connectivity index (χ2v) is 36.1. The zero-order valence-corrected chi connectivity index (χ0v) is 39.3. The van der Waals surface area contributed by atoms with Gasteiger partial charge in [-0.1, -0.05) is 0 Å². The van der Waals surface area contributed by atoms with Gasteiger partial charge in [0.1, 0.15) is 0 Å². The van der Waals surface area contributed by atoms with E-state index in [0.29, 0.717) is 0 Å². The Bertz CT molecular complexity index is 640. The maximum absolute atomic E-state index is 2.51. The van der Waals surface area contributed by atoms with Gasteiger partial charge in [-0.05, 0) is 0 Å². The second-order valence-electron chi connectivity index (χ2n) is 14.3. The zero-order chi connectivity index (χ0) is 32.4. The fraction of sp³-hybridized carbons (Fsp3) is 0.857. The van der Waals surface area contributed by atoms with Crippen LogP contribution in [0.2, 0.25) is 26.6 Å². The van der Waals surface area contributed by atoms with Crippen LogP contribution in [0.1, 0.15) is 196 Å². The molecular weight excluding hydrogens is 822 g/mol. The summed E-state index contributed by atoms with van der Waals surface area (Å²) in [5.41, 5.74) is 0. The minimum absolute atomic E-state index is 0. The fourth-order valence-corrected chi connectivity index (χ4v) is 31.6. The third-order valence-corrected chi connectivity index (χ3v) is 34.8. The van der Waals surface area contributed by atoms with Crippen LogP contribution in [0.3, 0.4) is 0 Å². The molecule has 0 spiro atoms. The van der Waals surface area contributed by atoms with Crippen molar-refractivity contribution >= 4 is 41.7 Å². The van der Waals surface area contributed by atoms with Crippen molar-refractivity contribution in [2.75, 3.05) is 0 Å². The molecule has 0 N–H and O–H groups in total. The molecule has 0 nitrogen and oxygen atoms in total. The van der Waals surface area contributed by atoms with Crippen molar-refractivity contribution in [3.63, 3.8) is 0 Å². The molecule has 0 aliphatic carbocycles. The van der Waals surface area contributed by atoms with Gasteiger partial charge in [0.25, 0.3) is 0 Å². The molecule has 0 bridgehead atoms. The van der Waals surface area contributed by atoms with E-state index in [4.69, 9.17) is 0 Å². The largest absolute Gasteiger partial charge is 1.00 e. The van der Waals surface area contributed by atoms with Crippen LogP contribution in [0, 0.1) is 0 Å². The first-order chi connectivity index (χ1) is 21.6. The molecule has 1 aromatic rings. The average Bonchev–Trinajstić information content (AvgIpc) is 3.06. The van der Waals surface area contributed by atoms with Crippen LogP contribution >= 0.6 is 0 Å². The van der Waals surface area contributed by atoms with E-state index < -0.39 is 38.1 Å². The van der Waals surface area contributed by atoms with Gasteiger partial charge in [0.05, 0.1) is 0 Å². The van der Waals surface area contributed by atoms with E-state index in [-0.39, 0.29) is 17.0 Å². The van der Waals surface area contributed by atoms with Crippen molar-refractivity contribution < 1.29 is 17.0 Å². The summed E-state index contributed by atoms with van der Waals surface area (Å²) in [5.74, 6) is 0. The first kappa shape index (κ1) is 48.4. The molecule has 3 heteroatoms. The molecule has 266 valence electrons. The molecule has 1 aromatic carbocycles. The van der Waals surface area contributed by atoms with E-state index in [1.807, 2.05) is 3.58 Å². The van der Waals surface area contributed by atoms with Crippen LogP contribution in [-0.2, 0) is 0 Å². The van der Waals surface area contributed by atoms with Crippen LogP contribution in [-0.4, -0.2) is 38.1 Å². The topological polar surface area (TPSA) is 0 Å². The van der Waals surface area contributed by atoms with Gasteiger partial charge < -0.3 is 17.0 Å². The van der Waals surface area contributed by atoms with Gasteiger partial charge >= 0.3 is 294 Å². The molecule has 0 aromatic heterocycles. The van der Waals surface area contributed by atoms with Crippen molar-refractivity contribution in [3.05, 3.63) is 30.3 Å². The minimum atomic E-state index is -2.23. The predicted molar refractivity (Wildman–Crippen MR) is 211 cm³/mol. The summed E-state index contributed by atoms with van der Waals surface area (Å²) in [4.78, 5) is 0. The maximum atomic E-state index is 2.51. The van der Waals surface area contributed by atoms with Gasteiger partial charge in [0.15, 0.2) is 0 Å². The molecule has 0 heterocycles. The number of halogens is 1. The van der Waals surface area contributed by atoms with Crippen LogP contribution in [0.5, 0.6) is 0 Å². The van der Waals surface area contributed by atoms with Crippen molar-refractivity contribution in [1.29, 1.82) is 0 Å². The Morgan fingerprint density at radius 1 is 0.378 bits per heavy atom. The van der Waals surface area contributed by atoms with Gasteiger partial charge in [-0.2, -0.15) is 0 Å². The van der Waals surface area contributed by atoms with Gasteiger partial charge in [-0.3, -0.25) is 0 Å². The summed E-state index contributed by atoms with van der Waals surface area (Å²) in [6.45, 7) is 14.0. The Labute approximate surface area is 308 Å². The number of rotatable bonds is 31. The minimum Gasteiger partial charge on any atom is -1.00 e. The van der Waals surface area contributed by atoms with Gasteiger partial charge in [0, 0.05) is 0 Å². The summed E-state index contributed by atoms with van der Waals surface area (Å²) in [6, 6.07) is 11.9. The van der Waals surface area contributed by atoms with Crippen LogP contribution < -0.4 is 20.6 Å². The molecule has 0 aliphatic heterocycles. The molecule has 1 rings (SSSR count). The van der Waals surface area contributed by atoms with E-state index in [1.54, 1.807) is 33.0 Å². The summed E-state index contributed by atoms with van der Waals surface area (Å²) in [7, 11) is 0. The van der Waals surface area contributed by atoms with E-state index in [1.165, 1.54) is 148 Å². The smallest absolute Gasteiger partial charge is 1.00 e. The number of unbranched alkanes of at least 4 members (excludes halogenated alkanes) is 18. The van der Waals surface area contributed by atoms with Crippen molar-refractivity contribution in [3.8, 4) is 0 Å². The molecule has 0 amide bonds. The van der Waals surface area contributed by atoms with Gasteiger partial charge in [-0.25, -0.2) is 0 Å². The predicted octanol–water partition coefficient (Wildman–Crippen LogP) is 12.3. The van der Waals surface area contributed by atoms with Gasteiger partial charge in [0.2, 0.25) is 0 Å². The number of benzene rings is 1. The Morgan fingerprint density at radius 2 is 0.711 bits per heavy atom. The summed E-state index contributed by atoms with van der Waals surface area (Å²) in [6.07, 6.45) is 35.1. The first-order valence-corrected chi connectivity index (χ1v) is 34.1. The normalized spacial score (nSPS) is 11.2. The maximum Gasteiger partial charge on any atom is -1.00 e. The monoisotopic (exact) mass is 906 g/mol. The van der Waals surface area contributed by atoms with Gasteiger partial charge in [-0.15, -0.1) is 0 Å². The molecule has 0 saturated heterocycles. The summed E-state index contributed by atoms with van der Waals surface area (Å²) >= 11 is -3.13. The van der Waals surface area contributed by atoms with Crippen molar-refractivity contribution in [1.82, 2.24) is 0 Å². The van der Waals surface area contributed by atoms with E-state index >= 15 is 0 Å². The molecule has 0 saturated carbocycles. The molecule has 45 heavy (non-hydrogen) atoms. The van der Waals surface area contributed by atoms with Crippen LogP contribution in [0.15, 0.2) is 30.3 Å². The third-order valence-electron chi connectivity index (χ3n) is 10.1. The molecule has 0 radical (unpaired) electrons. The van der Waals surface area contributed by atoms with Crippen molar-refractivity contribution in [2.45, 2.75) is 222 Å². The van der Waals surface area contributed by atoms with Crippen molar-refractivity contribution in [2.24, 2.45) is 0 Å². The standard InChI is InChI=1S/3C8H17.C6H5.3C4H9.BrH.2Sn/c3*1-3-5-7-8-6-4-2;1-2-4-6-5-3-1;3*1-3-4-2;;;/h3*1,3-8H2,2H3;1-5H;3*1,3-4H2,2H3;1H;;/q;;;;;;;;;+1/p-1. The van der Waals surface area contributed by atoms with E-state index in [2.05, 4.69) is 71.9 Å². The van der Waals surface area contributed by atoms with Crippen LogP contribution in [0.25, 0.3) is 0 Å². The van der Waals surface area contributed by atoms with E-state index in [0.717, 1.165) is 0 Å². The quantitative estimate of drug-likeness (QED) is 0.0514. The Balaban J connectivity index is 0. The van der Waals surface area contributed by atoms with E-state index in [9.17, 15) is 0 Å². The Kier molecular flexibility index (Phi) is 41.0. The second kappa shape index (κ2) is 38.1. The number of hydrogen-bond acceptors (Lipinski definition) is 0. The summed E-state index contributed by atoms with van der Waals surface area (Å²) < 4.78 is 11.7. The first-order valence-electron chi connectivity index (χ1n) is 20.5. The number of hydrogen-bond donors (Lipinski definition) is 0.